The molecule has 5 heteroatoms. The van der Waals surface area contributed by atoms with E-state index in [0.29, 0.717) is 0 Å². The van der Waals surface area contributed by atoms with Gasteiger partial charge >= 0.3 is 0 Å². The van der Waals surface area contributed by atoms with Gasteiger partial charge in [-0.2, -0.15) is 0 Å². The van der Waals surface area contributed by atoms with Crippen LogP contribution < -0.4 is 11.1 Å². The Balaban J connectivity index is 0.00000225. The van der Waals surface area contributed by atoms with Crippen molar-refractivity contribution in [2.45, 2.75) is 51.7 Å². The molecule has 1 fully saturated rings. The van der Waals surface area contributed by atoms with Crippen molar-refractivity contribution < 1.29 is 4.79 Å². The summed E-state index contributed by atoms with van der Waals surface area (Å²) in [6.45, 7) is 9.69. The Bertz CT molecular complexity index is 240. The summed E-state index contributed by atoms with van der Waals surface area (Å²) < 4.78 is 0. The van der Waals surface area contributed by atoms with Crippen LogP contribution in [0, 0.1) is 0 Å². The van der Waals surface area contributed by atoms with Gasteiger partial charge in [0.15, 0.2) is 0 Å². The van der Waals surface area contributed by atoms with E-state index in [0.717, 1.165) is 19.5 Å². The second-order valence-corrected chi connectivity index (χ2v) is 5.46. The zero-order valence-electron chi connectivity index (χ0n) is 10.6. The van der Waals surface area contributed by atoms with Gasteiger partial charge in [-0.05, 0) is 34.1 Å². The fraction of sp³-hybridized carbons (Fsp3) is 0.909. The van der Waals surface area contributed by atoms with Crippen LogP contribution in [0.25, 0.3) is 0 Å². The molecule has 1 heterocycles. The zero-order chi connectivity index (χ0) is 11.6. The third kappa shape index (κ3) is 4.68. The van der Waals surface area contributed by atoms with Crippen LogP contribution in [0.5, 0.6) is 0 Å². The average molecular weight is 250 g/mol. The number of carbonyl (C=O) groups is 1. The van der Waals surface area contributed by atoms with Gasteiger partial charge in [-0.25, -0.2) is 0 Å². The number of rotatable bonds is 2. The fourth-order valence-electron chi connectivity index (χ4n) is 1.81. The van der Waals surface area contributed by atoms with Gasteiger partial charge in [0.2, 0.25) is 5.91 Å². The first-order valence-electron chi connectivity index (χ1n) is 5.61. The van der Waals surface area contributed by atoms with Crippen LogP contribution in [0.2, 0.25) is 0 Å². The van der Waals surface area contributed by atoms with E-state index >= 15 is 0 Å². The molecule has 2 atom stereocenters. The minimum Gasteiger partial charge on any atom is -0.350 e. The van der Waals surface area contributed by atoms with Crippen molar-refractivity contribution in [3.8, 4) is 0 Å². The molecule has 3 N–H and O–H groups in total. The summed E-state index contributed by atoms with van der Waals surface area (Å²) in [7, 11) is 0. The molecule has 0 aliphatic carbocycles. The average Bonchev–Trinajstić information content (AvgIpc) is 2.47. The number of halogens is 1. The molecule has 0 spiro atoms. The number of nitrogens with zero attached hydrogens (tertiary/aromatic N) is 1. The highest BCUT2D eigenvalue weighted by atomic mass is 35.5. The van der Waals surface area contributed by atoms with Gasteiger partial charge < -0.3 is 11.1 Å². The van der Waals surface area contributed by atoms with E-state index in [1.165, 1.54) is 0 Å². The Hall–Kier alpha value is -0.320. The lowest BCUT2D eigenvalue weighted by atomic mass is 10.1. The highest BCUT2D eigenvalue weighted by Crippen LogP contribution is 2.12. The number of carbonyl (C=O) groups excluding carboxylic acids is 1. The van der Waals surface area contributed by atoms with E-state index < -0.39 is 0 Å². The Labute approximate surface area is 104 Å². The summed E-state index contributed by atoms with van der Waals surface area (Å²) in [5.41, 5.74) is 5.66. The summed E-state index contributed by atoms with van der Waals surface area (Å²) in [6, 6.07) is 0.160. The van der Waals surface area contributed by atoms with Crippen molar-refractivity contribution in [2.24, 2.45) is 5.73 Å². The molecule has 4 nitrogen and oxygen atoms in total. The van der Waals surface area contributed by atoms with Crippen molar-refractivity contribution in [3.05, 3.63) is 0 Å². The summed E-state index contributed by atoms with van der Waals surface area (Å²) in [5.74, 6) is 0.0941. The minimum absolute atomic E-state index is 0. The summed E-state index contributed by atoms with van der Waals surface area (Å²) in [6.07, 6.45) is 0.993. The molecule has 1 rings (SSSR count). The maximum Gasteiger partial charge on any atom is 0.237 e. The highest BCUT2D eigenvalue weighted by Gasteiger charge is 2.29. The smallest absolute Gasteiger partial charge is 0.237 e. The highest BCUT2D eigenvalue weighted by molar-refractivity contribution is 5.85. The third-order valence-corrected chi connectivity index (χ3v) is 2.68. The van der Waals surface area contributed by atoms with Crippen LogP contribution in [-0.4, -0.2) is 41.5 Å². The zero-order valence-corrected chi connectivity index (χ0v) is 11.4. The molecule has 1 saturated heterocycles. The number of hydrogen-bond donors (Lipinski definition) is 2. The maximum absolute atomic E-state index is 11.9. The normalized spacial score (nSPS) is 23.7. The third-order valence-electron chi connectivity index (χ3n) is 2.68. The lowest BCUT2D eigenvalue weighted by Gasteiger charge is -2.28. The van der Waals surface area contributed by atoms with Gasteiger partial charge in [0.25, 0.3) is 0 Å². The van der Waals surface area contributed by atoms with Crippen LogP contribution in [0.1, 0.15) is 34.1 Å². The molecule has 0 saturated carbocycles. The molecule has 1 aliphatic rings. The van der Waals surface area contributed by atoms with Crippen LogP contribution in [0.4, 0.5) is 0 Å². The van der Waals surface area contributed by atoms with Crippen LogP contribution >= 0.6 is 12.4 Å². The summed E-state index contributed by atoms with van der Waals surface area (Å²) >= 11 is 0. The predicted octanol–water partition coefficient (Wildman–Crippen LogP) is 0.744. The van der Waals surface area contributed by atoms with Crippen molar-refractivity contribution in [1.29, 1.82) is 0 Å². The lowest BCUT2D eigenvalue weighted by molar-refractivity contribution is -0.127. The predicted molar refractivity (Wildman–Crippen MR) is 68.8 cm³/mol. The largest absolute Gasteiger partial charge is 0.350 e. The molecule has 1 aliphatic heterocycles. The minimum atomic E-state index is -0.160. The van der Waals surface area contributed by atoms with Gasteiger partial charge in [0.05, 0.1) is 6.04 Å². The van der Waals surface area contributed by atoms with Crippen molar-refractivity contribution in [3.63, 3.8) is 0 Å². The van der Waals surface area contributed by atoms with E-state index in [9.17, 15) is 4.79 Å². The molecule has 0 aromatic heterocycles. The summed E-state index contributed by atoms with van der Waals surface area (Å²) in [4.78, 5) is 14.0. The molecule has 96 valence electrons. The van der Waals surface area contributed by atoms with Gasteiger partial charge in [0, 0.05) is 24.7 Å². The van der Waals surface area contributed by atoms with Crippen LogP contribution in [-0.2, 0) is 4.79 Å². The number of likely N-dealkylation sites (tertiary alicyclic amines) is 1. The number of amides is 1. The Morgan fingerprint density at radius 2 is 2.06 bits per heavy atom. The van der Waals surface area contributed by atoms with E-state index in [-0.39, 0.29) is 35.9 Å². The Morgan fingerprint density at radius 3 is 2.44 bits per heavy atom. The molecule has 0 aromatic carbocycles. The first kappa shape index (κ1) is 15.7. The number of nitrogens with one attached hydrogen (secondary N) is 1. The van der Waals surface area contributed by atoms with Gasteiger partial charge in [-0.15, -0.1) is 12.4 Å². The summed E-state index contributed by atoms with van der Waals surface area (Å²) in [5, 5.41) is 2.99. The molecule has 0 radical (unpaired) electrons. The molecular formula is C11H24ClN3O. The molecule has 0 aromatic rings. The van der Waals surface area contributed by atoms with Crippen molar-refractivity contribution in [1.82, 2.24) is 10.2 Å². The molecular weight excluding hydrogens is 226 g/mol. The van der Waals surface area contributed by atoms with E-state index in [4.69, 9.17) is 5.73 Å². The first-order chi connectivity index (χ1) is 6.79. The molecule has 0 bridgehead atoms. The quantitative estimate of drug-likeness (QED) is 0.759. The number of hydrogen-bond acceptors (Lipinski definition) is 3. The molecule has 1 unspecified atom stereocenters. The van der Waals surface area contributed by atoms with Gasteiger partial charge in [-0.1, -0.05) is 0 Å². The topological polar surface area (TPSA) is 58.4 Å². The van der Waals surface area contributed by atoms with Crippen molar-refractivity contribution in [2.75, 3.05) is 13.1 Å². The van der Waals surface area contributed by atoms with E-state index in [1.54, 1.807) is 0 Å². The van der Waals surface area contributed by atoms with Gasteiger partial charge in [-0.3, -0.25) is 9.69 Å². The van der Waals surface area contributed by atoms with Crippen LogP contribution in [0.15, 0.2) is 0 Å². The van der Waals surface area contributed by atoms with E-state index in [1.807, 2.05) is 27.7 Å². The van der Waals surface area contributed by atoms with Crippen LogP contribution in [0.3, 0.4) is 0 Å². The second kappa shape index (κ2) is 5.84. The maximum atomic E-state index is 11.9. The lowest BCUT2D eigenvalue weighted by Crippen LogP contribution is -2.50. The SMILES string of the molecule is CC(C(=O)NC(C)(C)C)N1CC[C@@H](N)C1.Cl. The fourth-order valence-corrected chi connectivity index (χ4v) is 1.81. The Kier molecular flexibility index (Phi) is 5.73. The first-order valence-corrected chi connectivity index (χ1v) is 5.61. The van der Waals surface area contributed by atoms with E-state index in [2.05, 4.69) is 10.2 Å². The molecule has 1 amide bonds. The van der Waals surface area contributed by atoms with Gasteiger partial charge in [0.1, 0.15) is 0 Å². The number of nitrogens with two attached hydrogens (primary N) is 1. The molecule has 16 heavy (non-hydrogen) atoms. The monoisotopic (exact) mass is 249 g/mol. The second-order valence-electron chi connectivity index (χ2n) is 5.46. The standard InChI is InChI=1S/C11H23N3O.ClH/c1-8(10(15)13-11(2,3)4)14-6-5-9(12)7-14;/h8-9H,5-7,12H2,1-4H3,(H,13,15);1H/t8?,9-;/m1./s1. The Morgan fingerprint density at radius 1 is 1.50 bits per heavy atom. The van der Waals surface area contributed by atoms with Crippen molar-refractivity contribution >= 4 is 18.3 Å².